The number of aryl methyl sites for hydroxylation is 1. The van der Waals surface area contributed by atoms with E-state index in [-0.39, 0.29) is 43.5 Å². The Morgan fingerprint density at radius 3 is 2.40 bits per heavy atom. The van der Waals surface area contributed by atoms with Crippen LogP contribution >= 0.6 is 0 Å². The Balaban J connectivity index is 1.40. The molecule has 0 N–H and O–H groups in total. The number of hydrogen-bond acceptors (Lipinski definition) is 7. The van der Waals surface area contributed by atoms with Gasteiger partial charge in [0, 0.05) is 19.5 Å². The van der Waals surface area contributed by atoms with Crippen molar-refractivity contribution >= 4 is 22.8 Å². The maximum atomic E-state index is 13.4. The van der Waals surface area contributed by atoms with Gasteiger partial charge < -0.3 is 18.9 Å². The van der Waals surface area contributed by atoms with Gasteiger partial charge in [-0.15, -0.1) is 0 Å². The average molecular weight is 482 g/mol. The molecule has 10 nitrogen and oxygen atoms in total. The molecule has 1 unspecified atom stereocenters. The highest BCUT2D eigenvalue weighted by molar-refractivity contribution is 6.00. The predicted octanol–water partition coefficient (Wildman–Crippen LogP) is 1.99. The number of imide groups is 1. The molecular formula is C25H27N3O7. The lowest BCUT2D eigenvalue weighted by Crippen LogP contribution is -2.47. The number of fused-ring (bicyclic) bond motifs is 1. The molecule has 5 rings (SSSR count). The van der Waals surface area contributed by atoms with Crippen LogP contribution in [0.15, 0.2) is 47.3 Å². The van der Waals surface area contributed by atoms with Gasteiger partial charge in [0.05, 0.1) is 37.9 Å². The molecule has 0 spiro atoms. The van der Waals surface area contributed by atoms with Gasteiger partial charge in [-0.3, -0.25) is 23.6 Å². The summed E-state index contributed by atoms with van der Waals surface area (Å²) in [5.74, 6) is 0.623. The van der Waals surface area contributed by atoms with Crippen molar-refractivity contribution in [3.63, 3.8) is 0 Å². The van der Waals surface area contributed by atoms with Gasteiger partial charge in [-0.2, -0.15) is 0 Å². The Labute approximate surface area is 201 Å². The monoisotopic (exact) mass is 481 g/mol. The van der Waals surface area contributed by atoms with E-state index in [1.54, 1.807) is 44.5 Å². The van der Waals surface area contributed by atoms with E-state index >= 15 is 0 Å². The number of likely N-dealkylation sites (tertiary alicyclic amines) is 1. The lowest BCUT2D eigenvalue weighted by atomic mass is 10.0. The summed E-state index contributed by atoms with van der Waals surface area (Å²) in [7, 11) is 3.23. The van der Waals surface area contributed by atoms with Gasteiger partial charge in [-0.25, -0.2) is 4.79 Å². The molecule has 2 amide bonds. The quantitative estimate of drug-likeness (QED) is 0.476. The number of hydrogen-bond donors (Lipinski definition) is 0. The lowest BCUT2D eigenvalue weighted by molar-refractivity contribution is -0.151. The first-order valence-corrected chi connectivity index (χ1v) is 11.5. The first-order valence-electron chi connectivity index (χ1n) is 11.5. The fraction of sp³-hybridized carbons (Fsp3) is 0.400. The Bertz CT molecular complexity index is 1310. The zero-order valence-electron chi connectivity index (χ0n) is 19.6. The smallest absolute Gasteiger partial charge is 0.329 e. The summed E-state index contributed by atoms with van der Waals surface area (Å²) < 4.78 is 24.7. The second-order valence-electron chi connectivity index (χ2n) is 8.56. The van der Waals surface area contributed by atoms with E-state index in [4.69, 9.17) is 18.9 Å². The fourth-order valence-corrected chi connectivity index (χ4v) is 4.54. The molecule has 2 saturated heterocycles. The maximum Gasteiger partial charge on any atom is 0.329 e. The number of nitrogens with zero attached hydrogens (tertiary/aromatic N) is 3. The third kappa shape index (κ3) is 4.42. The molecule has 0 aliphatic carbocycles. The highest BCUT2D eigenvalue weighted by Gasteiger charge is 2.37. The van der Waals surface area contributed by atoms with Crippen LogP contribution in [-0.4, -0.2) is 59.1 Å². The first-order chi connectivity index (χ1) is 17.0. The second-order valence-corrected chi connectivity index (χ2v) is 8.56. The predicted molar refractivity (Wildman–Crippen MR) is 125 cm³/mol. The molecule has 0 radical (unpaired) electrons. The minimum absolute atomic E-state index is 0.140. The Morgan fingerprint density at radius 2 is 1.69 bits per heavy atom. The normalized spacial score (nSPS) is 19.0. The lowest BCUT2D eigenvalue weighted by Gasteiger charge is -2.31. The molecular weight excluding hydrogens is 454 g/mol. The standard InChI is InChI=1S/C25H27N3O7/c1-26-21-13-18(35-15-23-33-11-12-34-23)7-8-19(21)28(25(26)31)20-9-10-22(29)27(24(20)30)14-16-3-5-17(32-2)6-4-16/h3-8,13,20,23H,9-12,14-15H2,1-2H3. The summed E-state index contributed by atoms with van der Waals surface area (Å²) in [6.07, 6.45) is 0.0377. The van der Waals surface area contributed by atoms with Crippen LogP contribution in [-0.2, 0) is 32.7 Å². The number of imidazole rings is 1. The van der Waals surface area contributed by atoms with Crippen LogP contribution in [0.2, 0.25) is 0 Å². The minimum Gasteiger partial charge on any atom is -0.497 e. The summed E-state index contributed by atoms with van der Waals surface area (Å²) in [5.41, 5.74) is 1.72. The molecule has 0 bridgehead atoms. The number of ether oxygens (including phenoxy) is 4. The Hall–Kier alpha value is -3.63. The fourth-order valence-electron chi connectivity index (χ4n) is 4.54. The van der Waals surface area contributed by atoms with Crippen LogP contribution in [0, 0.1) is 0 Å². The van der Waals surface area contributed by atoms with E-state index in [2.05, 4.69) is 0 Å². The van der Waals surface area contributed by atoms with E-state index in [1.807, 2.05) is 12.1 Å². The first kappa shape index (κ1) is 23.1. The van der Waals surface area contributed by atoms with Crippen molar-refractivity contribution in [1.82, 2.24) is 14.0 Å². The summed E-state index contributed by atoms with van der Waals surface area (Å²) in [6, 6.07) is 11.7. The largest absolute Gasteiger partial charge is 0.497 e. The number of carbonyl (C=O) groups excluding carboxylic acids is 2. The zero-order valence-corrected chi connectivity index (χ0v) is 19.6. The van der Waals surface area contributed by atoms with Gasteiger partial charge in [-0.05, 0) is 36.2 Å². The topological polar surface area (TPSA) is 101 Å². The number of methoxy groups -OCH3 is 1. The van der Waals surface area contributed by atoms with Crippen molar-refractivity contribution in [2.24, 2.45) is 7.05 Å². The molecule has 2 aromatic carbocycles. The van der Waals surface area contributed by atoms with E-state index in [0.29, 0.717) is 35.7 Å². The zero-order chi connectivity index (χ0) is 24.5. The summed E-state index contributed by atoms with van der Waals surface area (Å²) in [6.45, 7) is 1.46. The minimum atomic E-state index is -0.769. The number of rotatable bonds is 7. The highest BCUT2D eigenvalue weighted by Crippen LogP contribution is 2.29. The molecule has 1 aromatic heterocycles. The highest BCUT2D eigenvalue weighted by atomic mass is 16.7. The molecule has 3 heterocycles. The van der Waals surface area contributed by atoms with E-state index in [9.17, 15) is 14.4 Å². The maximum absolute atomic E-state index is 13.4. The van der Waals surface area contributed by atoms with Crippen LogP contribution in [0.5, 0.6) is 11.5 Å². The molecule has 2 aliphatic rings. The van der Waals surface area contributed by atoms with Gasteiger partial charge >= 0.3 is 5.69 Å². The number of aromatic nitrogens is 2. The van der Waals surface area contributed by atoms with Crippen molar-refractivity contribution in [3.05, 3.63) is 58.5 Å². The number of benzene rings is 2. The van der Waals surface area contributed by atoms with Gasteiger partial charge in [0.1, 0.15) is 24.1 Å². The third-order valence-corrected chi connectivity index (χ3v) is 6.43. The van der Waals surface area contributed by atoms with E-state index in [0.717, 1.165) is 5.56 Å². The molecule has 2 aliphatic heterocycles. The number of carbonyl (C=O) groups is 2. The molecule has 184 valence electrons. The van der Waals surface area contributed by atoms with Crippen molar-refractivity contribution in [2.45, 2.75) is 31.7 Å². The van der Waals surface area contributed by atoms with E-state index < -0.39 is 12.3 Å². The average Bonchev–Trinajstić information content (AvgIpc) is 3.48. The van der Waals surface area contributed by atoms with Crippen LogP contribution < -0.4 is 15.2 Å². The second kappa shape index (κ2) is 9.55. The Morgan fingerprint density at radius 1 is 0.971 bits per heavy atom. The van der Waals surface area contributed by atoms with Crippen molar-refractivity contribution in [1.29, 1.82) is 0 Å². The van der Waals surface area contributed by atoms with Crippen LogP contribution in [0.4, 0.5) is 0 Å². The van der Waals surface area contributed by atoms with E-state index in [1.165, 1.54) is 14.0 Å². The van der Waals surface area contributed by atoms with Crippen molar-refractivity contribution < 1.29 is 28.5 Å². The van der Waals surface area contributed by atoms with Crippen molar-refractivity contribution in [3.8, 4) is 11.5 Å². The number of amides is 2. The van der Waals surface area contributed by atoms with Gasteiger partial charge in [-0.1, -0.05) is 12.1 Å². The molecule has 35 heavy (non-hydrogen) atoms. The summed E-state index contributed by atoms with van der Waals surface area (Å²) in [5, 5.41) is 0. The van der Waals surface area contributed by atoms with Crippen LogP contribution in [0.1, 0.15) is 24.4 Å². The van der Waals surface area contributed by atoms with Gasteiger partial charge in [0.15, 0.2) is 6.29 Å². The summed E-state index contributed by atoms with van der Waals surface area (Å²) in [4.78, 5) is 40.5. The third-order valence-electron chi connectivity index (χ3n) is 6.43. The van der Waals surface area contributed by atoms with Crippen molar-refractivity contribution in [2.75, 3.05) is 26.9 Å². The van der Waals surface area contributed by atoms with Crippen LogP contribution in [0.3, 0.4) is 0 Å². The molecule has 3 aromatic rings. The molecule has 0 saturated carbocycles. The van der Waals surface area contributed by atoms with Gasteiger partial charge in [0.2, 0.25) is 5.91 Å². The SMILES string of the molecule is COc1ccc(CN2C(=O)CCC(n3c(=O)n(C)c4cc(OCC5OCCO5)ccc43)C2=O)cc1. The molecule has 10 heteroatoms. The number of piperidine rings is 1. The van der Waals surface area contributed by atoms with Gasteiger partial charge in [0.25, 0.3) is 5.91 Å². The Kier molecular flexibility index (Phi) is 6.31. The summed E-state index contributed by atoms with van der Waals surface area (Å²) >= 11 is 0. The molecule has 1 atom stereocenters. The van der Waals surface area contributed by atoms with Crippen LogP contribution in [0.25, 0.3) is 11.0 Å². The molecule has 2 fully saturated rings.